The molecule has 0 fully saturated rings. The number of pyridine rings is 1. The lowest BCUT2D eigenvalue weighted by molar-refractivity contribution is 0.407. The Morgan fingerprint density at radius 2 is 2.04 bits per heavy atom. The van der Waals surface area contributed by atoms with Crippen molar-refractivity contribution < 1.29 is 9.29 Å². The Balaban J connectivity index is 1.98. The SMILES string of the molecule is COc1c(C)cnc(C[S+]([O-])c2nc3ccccc3n2CCl)c1C. The Labute approximate surface area is 148 Å². The van der Waals surface area contributed by atoms with E-state index >= 15 is 0 Å². The van der Waals surface area contributed by atoms with Crippen LogP contribution in [-0.2, 0) is 22.9 Å². The maximum Gasteiger partial charge on any atom is 0.325 e. The van der Waals surface area contributed by atoms with Gasteiger partial charge in [0.05, 0.1) is 23.8 Å². The smallest absolute Gasteiger partial charge is 0.325 e. The van der Waals surface area contributed by atoms with Crippen LogP contribution in [0.3, 0.4) is 0 Å². The Morgan fingerprint density at radius 3 is 2.75 bits per heavy atom. The zero-order chi connectivity index (χ0) is 17.3. The highest BCUT2D eigenvalue weighted by atomic mass is 35.5. The Bertz CT molecular complexity index is 882. The first-order valence-corrected chi connectivity index (χ1v) is 9.30. The standard InChI is InChI=1S/C17H18ClN3O2S/c1-11-8-19-14(12(2)16(11)23-3)9-24(22)17-20-13-6-4-5-7-15(13)21(17)10-18/h4-8H,9-10H2,1-3H3. The molecular formula is C17H18ClN3O2S. The van der Waals surface area contributed by atoms with E-state index in [-0.39, 0.29) is 11.8 Å². The van der Waals surface area contributed by atoms with E-state index in [4.69, 9.17) is 16.3 Å². The normalized spacial score (nSPS) is 12.5. The second-order valence-corrected chi connectivity index (χ2v) is 7.05. The van der Waals surface area contributed by atoms with Gasteiger partial charge < -0.3 is 9.29 Å². The summed E-state index contributed by atoms with van der Waals surface area (Å²) in [5, 5.41) is 0.465. The molecule has 0 saturated heterocycles. The first-order chi connectivity index (χ1) is 11.6. The first kappa shape index (κ1) is 17.1. The molecule has 24 heavy (non-hydrogen) atoms. The summed E-state index contributed by atoms with van der Waals surface area (Å²) in [7, 11) is 1.63. The van der Waals surface area contributed by atoms with E-state index in [0.29, 0.717) is 5.16 Å². The Hall–Kier alpha value is -1.76. The van der Waals surface area contributed by atoms with E-state index in [9.17, 15) is 4.55 Å². The van der Waals surface area contributed by atoms with Crippen LogP contribution in [0.25, 0.3) is 11.0 Å². The van der Waals surface area contributed by atoms with E-state index in [1.54, 1.807) is 17.9 Å². The van der Waals surface area contributed by atoms with Crippen LogP contribution in [0.5, 0.6) is 5.75 Å². The highest BCUT2D eigenvalue weighted by Gasteiger charge is 2.24. The third-order valence-electron chi connectivity index (χ3n) is 3.96. The van der Waals surface area contributed by atoms with Gasteiger partial charge in [-0.2, -0.15) is 4.98 Å². The molecule has 0 saturated carbocycles. The number of rotatable bonds is 5. The monoisotopic (exact) mass is 363 g/mol. The molecule has 1 atom stereocenters. The largest absolute Gasteiger partial charge is 0.609 e. The average Bonchev–Trinajstić information content (AvgIpc) is 2.96. The highest BCUT2D eigenvalue weighted by Crippen LogP contribution is 2.28. The molecule has 3 rings (SSSR count). The zero-order valence-electron chi connectivity index (χ0n) is 13.7. The Morgan fingerprint density at radius 1 is 1.29 bits per heavy atom. The van der Waals surface area contributed by atoms with Gasteiger partial charge in [-0.05, 0) is 26.0 Å². The molecule has 126 valence electrons. The van der Waals surface area contributed by atoms with Gasteiger partial charge in [-0.1, -0.05) is 12.1 Å². The van der Waals surface area contributed by atoms with Gasteiger partial charge >= 0.3 is 5.16 Å². The molecule has 1 unspecified atom stereocenters. The van der Waals surface area contributed by atoms with Crippen molar-refractivity contribution in [3.05, 3.63) is 47.3 Å². The number of fused-ring (bicyclic) bond motifs is 1. The summed E-state index contributed by atoms with van der Waals surface area (Å²) < 4.78 is 20.1. The lowest BCUT2D eigenvalue weighted by Crippen LogP contribution is -2.14. The van der Waals surface area contributed by atoms with E-state index < -0.39 is 11.2 Å². The molecule has 0 aliphatic heterocycles. The fourth-order valence-corrected chi connectivity index (χ4v) is 4.34. The molecule has 0 radical (unpaired) electrons. The van der Waals surface area contributed by atoms with Crippen LogP contribution in [-0.4, -0.2) is 26.2 Å². The lowest BCUT2D eigenvalue weighted by Gasteiger charge is -2.14. The van der Waals surface area contributed by atoms with Crippen LogP contribution in [0, 0.1) is 13.8 Å². The minimum absolute atomic E-state index is 0.200. The first-order valence-electron chi connectivity index (χ1n) is 7.45. The summed E-state index contributed by atoms with van der Waals surface area (Å²) in [5.41, 5.74) is 4.26. The van der Waals surface area contributed by atoms with Crippen molar-refractivity contribution in [3.63, 3.8) is 0 Å². The molecular weight excluding hydrogens is 346 g/mol. The highest BCUT2D eigenvalue weighted by molar-refractivity contribution is 7.90. The van der Waals surface area contributed by atoms with Crippen LogP contribution >= 0.6 is 11.6 Å². The molecule has 2 heterocycles. The van der Waals surface area contributed by atoms with E-state index in [2.05, 4.69) is 9.97 Å². The van der Waals surface area contributed by atoms with Crippen molar-refractivity contribution in [2.45, 2.75) is 30.8 Å². The number of methoxy groups -OCH3 is 1. The predicted octanol–water partition coefficient (Wildman–Crippen LogP) is 3.56. The fraction of sp³-hybridized carbons (Fsp3) is 0.294. The zero-order valence-corrected chi connectivity index (χ0v) is 15.3. The molecule has 5 nitrogen and oxygen atoms in total. The van der Waals surface area contributed by atoms with Crippen molar-refractivity contribution >= 4 is 33.8 Å². The number of para-hydroxylation sites is 2. The molecule has 0 aliphatic carbocycles. The molecule has 0 amide bonds. The van der Waals surface area contributed by atoms with E-state index in [1.807, 2.05) is 38.1 Å². The van der Waals surface area contributed by atoms with E-state index in [1.165, 1.54) is 0 Å². The van der Waals surface area contributed by atoms with E-state index in [0.717, 1.165) is 33.6 Å². The number of hydrogen-bond acceptors (Lipinski definition) is 4. The summed E-state index contributed by atoms with van der Waals surface area (Å²) in [6, 6.07) is 7.82. The molecule has 7 heteroatoms. The number of aromatic nitrogens is 3. The molecule has 1 aromatic carbocycles. The second kappa shape index (κ2) is 7.01. The fourth-order valence-electron chi connectivity index (χ4n) is 2.75. The van der Waals surface area contributed by atoms with Gasteiger partial charge in [0.25, 0.3) is 0 Å². The van der Waals surface area contributed by atoms with Crippen LogP contribution in [0.2, 0.25) is 0 Å². The summed E-state index contributed by atoms with van der Waals surface area (Å²) in [5.74, 6) is 1.05. The summed E-state index contributed by atoms with van der Waals surface area (Å²) >= 11 is 4.70. The number of nitrogens with zero attached hydrogens (tertiary/aromatic N) is 3. The maximum absolute atomic E-state index is 12.9. The number of alkyl halides is 1. The molecule has 2 aromatic heterocycles. The van der Waals surface area contributed by atoms with Crippen molar-refractivity contribution in [3.8, 4) is 5.75 Å². The molecule has 0 N–H and O–H groups in total. The predicted molar refractivity (Wildman–Crippen MR) is 96.0 cm³/mol. The minimum Gasteiger partial charge on any atom is -0.609 e. The van der Waals surface area contributed by atoms with Gasteiger partial charge in [-0.15, -0.1) is 11.6 Å². The second-order valence-electron chi connectivity index (χ2n) is 5.47. The van der Waals surface area contributed by atoms with Gasteiger partial charge in [0.1, 0.15) is 11.8 Å². The van der Waals surface area contributed by atoms with Crippen LogP contribution in [0.4, 0.5) is 0 Å². The maximum atomic E-state index is 12.9. The van der Waals surface area contributed by atoms with Crippen molar-refractivity contribution in [2.75, 3.05) is 7.11 Å². The van der Waals surface area contributed by atoms with Crippen molar-refractivity contribution in [1.29, 1.82) is 0 Å². The third-order valence-corrected chi connectivity index (χ3v) is 5.45. The van der Waals surface area contributed by atoms with Crippen LogP contribution < -0.4 is 4.74 Å². The number of hydrogen-bond donors (Lipinski definition) is 0. The lowest BCUT2D eigenvalue weighted by atomic mass is 10.1. The van der Waals surface area contributed by atoms with Gasteiger partial charge in [0, 0.05) is 28.5 Å². The molecule has 0 spiro atoms. The minimum atomic E-state index is -1.36. The third kappa shape index (κ3) is 2.97. The van der Waals surface area contributed by atoms with Gasteiger partial charge in [-0.25, -0.2) is 0 Å². The Kier molecular flexibility index (Phi) is 4.99. The quantitative estimate of drug-likeness (QED) is 0.513. The molecule has 3 aromatic rings. The number of halogens is 1. The number of benzene rings is 1. The van der Waals surface area contributed by atoms with Gasteiger partial charge in [-0.3, -0.25) is 9.55 Å². The number of ether oxygens (including phenoxy) is 1. The molecule has 0 bridgehead atoms. The van der Waals surface area contributed by atoms with Gasteiger partial charge in [0.2, 0.25) is 0 Å². The average molecular weight is 364 g/mol. The summed E-state index contributed by atoms with van der Waals surface area (Å²) in [6.07, 6.45) is 1.74. The number of imidazole rings is 1. The molecule has 0 aliphatic rings. The van der Waals surface area contributed by atoms with Crippen LogP contribution in [0.15, 0.2) is 35.6 Å². The van der Waals surface area contributed by atoms with Crippen molar-refractivity contribution in [1.82, 2.24) is 14.5 Å². The topological polar surface area (TPSA) is 63.0 Å². The van der Waals surface area contributed by atoms with Crippen LogP contribution in [0.1, 0.15) is 16.8 Å². The number of aryl methyl sites for hydroxylation is 1. The summed E-state index contributed by atoms with van der Waals surface area (Å²) in [4.78, 5) is 8.91. The van der Waals surface area contributed by atoms with Gasteiger partial charge in [0.15, 0.2) is 5.75 Å². The summed E-state index contributed by atoms with van der Waals surface area (Å²) in [6.45, 7) is 3.86. The van der Waals surface area contributed by atoms with Crippen molar-refractivity contribution in [2.24, 2.45) is 0 Å².